The number of hydrogen-bond donors (Lipinski definition) is 4. The average Bonchev–Trinajstić information content (AvgIpc) is 1.33. The zero-order valence-electron chi connectivity index (χ0n) is 54.9. The summed E-state index contributed by atoms with van der Waals surface area (Å²) in [5.41, 5.74) is 10.5. The summed E-state index contributed by atoms with van der Waals surface area (Å²) in [6.07, 6.45) is 8.42. The van der Waals surface area contributed by atoms with Gasteiger partial charge in [0, 0.05) is 126 Å². The largest absolute Gasteiger partial charge is 0.468 e. The van der Waals surface area contributed by atoms with Crippen molar-refractivity contribution in [2.24, 2.45) is 18.2 Å². The molecule has 512 valence electrons. The number of nitrogens with one attached hydrogen (secondary N) is 3. The van der Waals surface area contributed by atoms with E-state index in [4.69, 9.17) is 30.0 Å². The fourth-order valence-corrected chi connectivity index (χ4v) is 13.7. The fraction of sp³-hybridized carbons (Fsp3) is 0.522. The van der Waals surface area contributed by atoms with Crippen molar-refractivity contribution >= 4 is 86.6 Å². The van der Waals surface area contributed by atoms with E-state index in [0.29, 0.717) is 124 Å². The van der Waals surface area contributed by atoms with E-state index in [9.17, 15) is 38.4 Å². The lowest BCUT2D eigenvalue weighted by molar-refractivity contribution is -0.152. The Kier molecular flexibility index (Phi) is 21.7. The summed E-state index contributed by atoms with van der Waals surface area (Å²) in [5.74, 6) is -1.91. The molecule has 5 aliphatic rings. The van der Waals surface area contributed by atoms with Crippen molar-refractivity contribution < 1.29 is 61.7 Å². The first-order valence-corrected chi connectivity index (χ1v) is 32.9. The molecule has 0 unspecified atom stereocenters. The molecule has 6 aromatic rings. The minimum atomic E-state index is -0.692. The van der Waals surface area contributed by atoms with Crippen LogP contribution in [0.4, 0.5) is 26.5 Å². The smallest absolute Gasteiger partial charge is 0.325 e. The predicted molar refractivity (Wildman–Crippen MR) is 351 cm³/mol. The molecule has 4 aliphatic heterocycles. The number of amides is 8. The highest BCUT2D eigenvalue weighted by molar-refractivity contribution is 6.00. The molecule has 3 aromatic heterocycles. The van der Waals surface area contributed by atoms with Gasteiger partial charge in [0.05, 0.1) is 94.9 Å². The van der Waals surface area contributed by atoms with Gasteiger partial charge in [-0.2, -0.15) is 10.2 Å². The van der Waals surface area contributed by atoms with Crippen molar-refractivity contribution in [1.82, 2.24) is 64.7 Å². The normalized spacial score (nSPS) is 17.2. The first-order valence-electron chi connectivity index (χ1n) is 32.9. The number of likely N-dealkylation sites (N-methyl/N-ethyl adjacent to an activating group) is 2. The Hall–Kier alpha value is -9.35. The Morgan fingerprint density at radius 2 is 1.50 bits per heavy atom. The number of halogens is 1. The number of hydrogen-bond acceptors (Lipinski definition) is 18. The Balaban J connectivity index is 0.538. The lowest BCUT2D eigenvalue weighted by Crippen LogP contribution is -2.63. The lowest BCUT2D eigenvalue weighted by atomic mass is 9.56. The molecule has 11 rings (SSSR count). The van der Waals surface area contributed by atoms with E-state index >= 15 is 4.39 Å². The minimum Gasteiger partial charge on any atom is -0.468 e. The molecule has 0 bridgehead atoms. The maximum atomic E-state index is 16.0. The number of fused-ring (bicyclic) bond motifs is 2. The number of rotatable bonds is 29. The molecule has 1 aliphatic carbocycles. The van der Waals surface area contributed by atoms with E-state index < -0.39 is 29.5 Å². The quantitative estimate of drug-likeness (QED) is 0.0382. The standard InChI is InChI=1S/C67H85FN16O12/c1-77-23-24-83(66(77)92)48-7-6-20-81(38-48)54-36-72-63(64(69)91)65(75-54)74-47-12-10-43(11-13-47)44-16-21-80(22-17-44)58(88)18-25-94-27-29-96-30-28-95-26-19-70-55(85)14-15-57(87)82-41-67(42-82)33-46(34-67)62-61-49(50-32-53-45(31-51(50)68)35-73-79(53)3)8-5-9-52(61)84(76-62)40-59(89)78(2)39-56(86)71-37-60(90)93-4/h5,8-13,31-32,35-36,44,46,48H,6-7,14-30,33-34,37-42H2,1-4H3,(H2,69,91)(H,70,85)(H,71,86)(H,74,75)/t48-/m1/s1. The highest BCUT2D eigenvalue weighted by Gasteiger charge is 2.55. The molecule has 8 amide bonds. The number of piperidine rings is 2. The van der Waals surface area contributed by atoms with Gasteiger partial charge in [0.25, 0.3) is 5.91 Å². The second-order valence-electron chi connectivity index (χ2n) is 25.6. The summed E-state index contributed by atoms with van der Waals surface area (Å²) in [6.45, 7) is 6.42. The molecule has 0 radical (unpaired) electrons. The van der Waals surface area contributed by atoms with Crippen molar-refractivity contribution in [3.63, 3.8) is 0 Å². The van der Waals surface area contributed by atoms with Gasteiger partial charge in [0.2, 0.25) is 29.5 Å². The summed E-state index contributed by atoms with van der Waals surface area (Å²) < 4.78 is 40.8. The van der Waals surface area contributed by atoms with Crippen LogP contribution < -0.4 is 26.6 Å². The minimum absolute atomic E-state index is 0.0371. The molecule has 7 heterocycles. The van der Waals surface area contributed by atoms with Crippen LogP contribution in [0.1, 0.15) is 91.4 Å². The number of carbonyl (C=O) groups excluding carboxylic acids is 8. The van der Waals surface area contributed by atoms with E-state index in [2.05, 4.69) is 47.8 Å². The van der Waals surface area contributed by atoms with E-state index in [-0.39, 0.29) is 117 Å². The van der Waals surface area contributed by atoms with Crippen LogP contribution in [0.3, 0.4) is 0 Å². The number of nitrogens with two attached hydrogens (primary N) is 1. The number of esters is 1. The molecule has 1 atom stereocenters. The van der Waals surface area contributed by atoms with Gasteiger partial charge in [0.15, 0.2) is 11.5 Å². The van der Waals surface area contributed by atoms with Crippen LogP contribution in [0.5, 0.6) is 0 Å². The SMILES string of the molecule is COC(=O)CNC(=O)CN(C)C(=O)Cn1nc(C2CC3(C2)CN(C(=O)CCC(=O)NCCOCCOCCOCCC(=O)N2CCC(c4ccc(Nc5nc(N6CCC[C@@H](N7CCN(C)C7=O)C6)cnc5C(N)=O)cc4)CC2)C3)c2c(-c3cc4c(cnn4C)cc3F)cccc21. The van der Waals surface area contributed by atoms with Crippen molar-refractivity contribution in [3.05, 3.63) is 89.8 Å². The van der Waals surface area contributed by atoms with E-state index in [1.807, 2.05) is 41.1 Å². The van der Waals surface area contributed by atoms with Gasteiger partial charge < -0.3 is 70.0 Å². The molecule has 29 heteroatoms. The molecule has 5 fully saturated rings. The zero-order chi connectivity index (χ0) is 67.6. The third-order valence-electron chi connectivity index (χ3n) is 19.1. The number of methoxy groups -OCH3 is 1. The number of carbonyl (C=O) groups is 8. The van der Waals surface area contributed by atoms with Crippen LogP contribution in [0.15, 0.2) is 67.0 Å². The first-order chi connectivity index (χ1) is 46.3. The number of benzene rings is 3. The molecule has 3 aromatic carbocycles. The second kappa shape index (κ2) is 30.6. The molecule has 5 N–H and O–H groups in total. The topological polar surface area (TPSA) is 316 Å². The summed E-state index contributed by atoms with van der Waals surface area (Å²) in [5, 5.41) is 19.2. The van der Waals surface area contributed by atoms with Crippen LogP contribution in [-0.4, -0.2) is 240 Å². The molecule has 96 heavy (non-hydrogen) atoms. The molecule has 1 spiro atoms. The number of ether oxygens (including phenoxy) is 4. The van der Waals surface area contributed by atoms with E-state index in [1.54, 1.807) is 50.7 Å². The molecule has 1 saturated carbocycles. The summed E-state index contributed by atoms with van der Waals surface area (Å²) in [4.78, 5) is 122. The van der Waals surface area contributed by atoms with Gasteiger partial charge in [-0.3, -0.25) is 42.9 Å². The molecule has 4 saturated heterocycles. The third-order valence-corrected chi connectivity index (χ3v) is 19.1. The number of primary amides is 1. The number of nitrogens with zero attached hydrogens (tertiary/aromatic N) is 12. The van der Waals surface area contributed by atoms with Crippen LogP contribution >= 0.6 is 0 Å². The number of aryl methyl sites for hydroxylation is 1. The highest BCUT2D eigenvalue weighted by atomic mass is 19.1. The molecular formula is C67H85FN16O12. The molecule has 28 nitrogen and oxygen atoms in total. The van der Waals surface area contributed by atoms with Gasteiger partial charge in [0.1, 0.15) is 24.7 Å². The van der Waals surface area contributed by atoms with Gasteiger partial charge in [-0.15, -0.1) is 0 Å². The van der Waals surface area contributed by atoms with Gasteiger partial charge in [-0.05, 0) is 85.9 Å². The van der Waals surface area contributed by atoms with Crippen molar-refractivity contribution in [2.45, 2.75) is 82.2 Å². The monoisotopic (exact) mass is 1320 g/mol. The second-order valence-corrected chi connectivity index (χ2v) is 25.6. The Labute approximate surface area is 555 Å². The van der Waals surface area contributed by atoms with Crippen LogP contribution in [0.25, 0.3) is 32.9 Å². The Morgan fingerprint density at radius 1 is 0.771 bits per heavy atom. The highest BCUT2D eigenvalue weighted by Crippen LogP contribution is 2.57. The predicted octanol–water partition coefficient (Wildman–Crippen LogP) is 3.89. The van der Waals surface area contributed by atoms with Gasteiger partial charge in [-0.25, -0.2) is 19.2 Å². The van der Waals surface area contributed by atoms with Gasteiger partial charge in [-0.1, -0.05) is 24.3 Å². The summed E-state index contributed by atoms with van der Waals surface area (Å²) in [7, 11) is 6.30. The Morgan fingerprint density at radius 3 is 2.22 bits per heavy atom. The summed E-state index contributed by atoms with van der Waals surface area (Å²) >= 11 is 0. The number of anilines is 3. The average molecular weight is 1330 g/mol. The Bertz CT molecular complexity index is 3840. The number of aromatic nitrogens is 6. The maximum absolute atomic E-state index is 16.0. The number of urea groups is 1. The fourth-order valence-electron chi connectivity index (χ4n) is 13.7. The van der Waals surface area contributed by atoms with E-state index in [0.717, 1.165) is 49.0 Å². The van der Waals surface area contributed by atoms with Crippen LogP contribution in [0.2, 0.25) is 0 Å². The van der Waals surface area contributed by atoms with E-state index in [1.165, 1.54) is 25.1 Å². The van der Waals surface area contributed by atoms with Crippen LogP contribution in [-0.2, 0) is 61.3 Å². The van der Waals surface area contributed by atoms with Crippen LogP contribution in [0, 0.1) is 11.2 Å². The third kappa shape index (κ3) is 16.0. The van der Waals surface area contributed by atoms with Crippen molar-refractivity contribution in [2.75, 3.05) is 143 Å². The zero-order valence-corrected chi connectivity index (χ0v) is 54.9. The van der Waals surface area contributed by atoms with Crippen molar-refractivity contribution in [3.8, 4) is 11.1 Å². The number of likely N-dealkylation sites (tertiary alicyclic amines) is 2. The van der Waals surface area contributed by atoms with Crippen molar-refractivity contribution in [1.29, 1.82) is 0 Å². The molecular weight excluding hydrogens is 1240 g/mol. The lowest BCUT2D eigenvalue weighted by Gasteiger charge is -2.59. The van der Waals surface area contributed by atoms with Gasteiger partial charge >= 0.3 is 12.0 Å². The maximum Gasteiger partial charge on any atom is 0.325 e. The first kappa shape index (κ1) is 68.0. The summed E-state index contributed by atoms with van der Waals surface area (Å²) in [6, 6.07) is 16.8.